The van der Waals surface area contributed by atoms with Crippen LogP contribution in [0.2, 0.25) is 5.15 Å². The minimum Gasteiger partial charge on any atom is -0.367 e. The first-order valence-corrected chi connectivity index (χ1v) is 8.44. The number of carbonyl (C=O) groups excluding carboxylic acids is 1. The molecule has 26 heavy (non-hydrogen) atoms. The number of hydrogen-bond donors (Lipinski definition) is 1. The number of nitrogens with one attached hydrogen (secondary N) is 1. The standard InChI is InChI=1S/C20H18ClN3O2/c1-13-7-6-10-15-11-16(19(21)23-17(13)15)12-22-24-20(25)18(26-2)14-8-4-3-5-9-14/h3-12,18H,1-2H3,(H,24,25)/b22-12-/t18-/m1/s1. The van der Waals surface area contributed by atoms with Gasteiger partial charge in [-0.05, 0) is 24.1 Å². The van der Waals surface area contributed by atoms with Crippen molar-refractivity contribution in [3.05, 3.63) is 76.4 Å². The van der Waals surface area contributed by atoms with Gasteiger partial charge in [-0.2, -0.15) is 5.10 Å². The summed E-state index contributed by atoms with van der Waals surface area (Å²) < 4.78 is 5.27. The number of carbonyl (C=O) groups is 1. The van der Waals surface area contributed by atoms with Crippen molar-refractivity contribution in [3.8, 4) is 0 Å². The summed E-state index contributed by atoms with van der Waals surface area (Å²) in [6.07, 6.45) is 0.744. The van der Waals surface area contributed by atoms with E-state index in [9.17, 15) is 4.79 Å². The number of rotatable bonds is 5. The molecule has 132 valence electrons. The quantitative estimate of drug-likeness (QED) is 0.420. The van der Waals surface area contributed by atoms with Crippen LogP contribution in [0.15, 0.2) is 59.7 Å². The number of halogens is 1. The number of ether oxygens (including phenoxy) is 1. The maximum absolute atomic E-state index is 12.3. The summed E-state index contributed by atoms with van der Waals surface area (Å²) in [5.74, 6) is -0.365. The molecule has 0 unspecified atom stereocenters. The van der Waals surface area contributed by atoms with Crippen molar-refractivity contribution >= 4 is 34.6 Å². The lowest BCUT2D eigenvalue weighted by atomic mass is 10.1. The molecule has 0 fully saturated rings. The van der Waals surface area contributed by atoms with E-state index in [-0.39, 0.29) is 5.91 Å². The van der Waals surface area contributed by atoms with Gasteiger partial charge in [0.1, 0.15) is 5.15 Å². The number of amides is 1. The first-order valence-electron chi connectivity index (χ1n) is 8.06. The van der Waals surface area contributed by atoms with E-state index in [4.69, 9.17) is 16.3 Å². The topological polar surface area (TPSA) is 63.6 Å². The molecule has 0 bridgehead atoms. The van der Waals surface area contributed by atoms with Crippen molar-refractivity contribution in [2.75, 3.05) is 7.11 Å². The third-order valence-electron chi connectivity index (χ3n) is 3.98. The SMILES string of the molecule is CO[C@@H](C(=O)N/N=C\c1cc2cccc(C)c2nc1Cl)c1ccccc1. The van der Waals surface area contributed by atoms with Gasteiger partial charge in [0.25, 0.3) is 5.91 Å². The molecule has 5 nitrogen and oxygen atoms in total. The molecule has 0 aliphatic heterocycles. The lowest BCUT2D eigenvalue weighted by Gasteiger charge is -2.13. The Bertz CT molecular complexity index is 958. The zero-order valence-electron chi connectivity index (χ0n) is 14.4. The van der Waals surface area contributed by atoms with Gasteiger partial charge in [-0.25, -0.2) is 10.4 Å². The summed E-state index contributed by atoms with van der Waals surface area (Å²) in [6, 6.07) is 17.0. The average molecular weight is 368 g/mol. The normalized spacial score (nSPS) is 12.4. The minimum atomic E-state index is -0.735. The van der Waals surface area contributed by atoms with Crippen LogP contribution in [0.3, 0.4) is 0 Å². The van der Waals surface area contributed by atoms with Gasteiger partial charge < -0.3 is 4.74 Å². The van der Waals surface area contributed by atoms with E-state index in [1.165, 1.54) is 13.3 Å². The van der Waals surface area contributed by atoms with Crippen molar-refractivity contribution in [1.29, 1.82) is 0 Å². The Morgan fingerprint density at radius 2 is 2.00 bits per heavy atom. The van der Waals surface area contributed by atoms with Crippen LogP contribution in [0, 0.1) is 6.92 Å². The second kappa shape index (κ2) is 8.08. The number of benzene rings is 2. The van der Waals surface area contributed by atoms with E-state index in [1.807, 2.05) is 61.5 Å². The molecule has 3 rings (SSSR count). The van der Waals surface area contributed by atoms with Gasteiger partial charge in [-0.1, -0.05) is 60.1 Å². The number of fused-ring (bicyclic) bond motifs is 1. The highest BCUT2D eigenvalue weighted by Gasteiger charge is 2.19. The van der Waals surface area contributed by atoms with Crippen molar-refractivity contribution in [2.45, 2.75) is 13.0 Å². The van der Waals surface area contributed by atoms with Gasteiger partial charge in [0.2, 0.25) is 0 Å². The minimum absolute atomic E-state index is 0.330. The summed E-state index contributed by atoms with van der Waals surface area (Å²) >= 11 is 6.24. The third kappa shape index (κ3) is 3.90. The molecule has 1 atom stereocenters. The number of hydrazone groups is 1. The number of para-hydroxylation sites is 1. The van der Waals surface area contributed by atoms with Gasteiger partial charge in [-0.3, -0.25) is 4.79 Å². The van der Waals surface area contributed by atoms with Crippen molar-refractivity contribution in [1.82, 2.24) is 10.4 Å². The number of nitrogens with zero attached hydrogens (tertiary/aromatic N) is 2. The fourth-order valence-electron chi connectivity index (χ4n) is 2.68. The van der Waals surface area contributed by atoms with Gasteiger partial charge in [0.15, 0.2) is 6.10 Å². The Morgan fingerprint density at radius 1 is 1.23 bits per heavy atom. The Kier molecular flexibility index (Phi) is 5.61. The predicted molar refractivity (Wildman–Crippen MR) is 103 cm³/mol. The zero-order chi connectivity index (χ0) is 18.5. The van der Waals surface area contributed by atoms with E-state index in [1.54, 1.807) is 0 Å². The Hall–Kier alpha value is -2.76. The molecule has 0 saturated heterocycles. The smallest absolute Gasteiger partial charge is 0.273 e. The summed E-state index contributed by atoms with van der Waals surface area (Å²) in [4.78, 5) is 16.7. The van der Waals surface area contributed by atoms with Crippen LogP contribution in [0.25, 0.3) is 10.9 Å². The van der Waals surface area contributed by atoms with Crippen molar-refractivity contribution < 1.29 is 9.53 Å². The molecule has 0 saturated carbocycles. The molecule has 6 heteroatoms. The maximum atomic E-state index is 12.3. The molecule has 0 spiro atoms. The summed E-state index contributed by atoms with van der Waals surface area (Å²) in [5.41, 5.74) is 5.76. The van der Waals surface area contributed by atoms with Gasteiger partial charge in [0.05, 0.1) is 11.7 Å². The monoisotopic (exact) mass is 367 g/mol. The molecular weight excluding hydrogens is 350 g/mol. The molecule has 1 heterocycles. The highest BCUT2D eigenvalue weighted by molar-refractivity contribution is 6.32. The molecule has 0 aliphatic carbocycles. The number of pyridine rings is 1. The molecule has 1 amide bonds. The fourth-order valence-corrected chi connectivity index (χ4v) is 2.87. The number of aryl methyl sites for hydroxylation is 1. The molecule has 3 aromatic rings. The van der Waals surface area contributed by atoms with E-state index in [0.29, 0.717) is 10.7 Å². The second-order valence-corrected chi connectivity index (χ2v) is 6.13. The lowest BCUT2D eigenvalue weighted by molar-refractivity contribution is -0.131. The highest BCUT2D eigenvalue weighted by atomic mass is 35.5. The fraction of sp³-hybridized carbons (Fsp3) is 0.150. The molecular formula is C20H18ClN3O2. The van der Waals surface area contributed by atoms with Gasteiger partial charge >= 0.3 is 0 Å². The largest absolute Gasteiger partial charge is 0.367 e. The van der Waals surface area contributed by atoms with Crippen LogP contribution in [0.4, 0.5) is 0 Å². The summed E-state index contributed by atoms with van der Waals surface area (Å²) in [5, 5.41) is 5.29. The number of hydrogen-bond acceptors (Lipinski definition) is 4. The van der Waals surface area contributed by atoms with Crippen LogP contribution < -0.4 is 5.43 Å². The highest BCUT2D eigenvalue weighted by Crippen LogP contribution is 2.22. The molecule has 1 aromatic heterocycles. The third-order valence-corrected chi connectivity index (χ3v) is 4.29. The predicted octanol–water partition coefficient (Wildman–Crippen LogP) is 4.03. The van der Waals surface area contributed by atoms with E-state index in [0.717, 1.165) is 22.0 Å². The number of aromatic nitrogens is 1. The summed E-state index contributed by atoms with van der Waals surface area (Å²) in [6.45, 7) is 1.98. The van der Waals surface area contributed by atoms with Crippen LogP contribution in [-0.2, 0) is 9.53 Å². The number of methoxy groups -OCH3 is 1. The molecule has 1 N–H and O–H groups in total. The molecule has 0 radical (unpaired) electrons. The first kappa shape index (κ1) is 18.0. The van der Waals surface area contributed by atoms with Crippen LogP contribution >= 0.6 is 11.6 Å². The van der Waals surface area contributed by atoms with E-state index >= 15 is 0 Å². The van der Waals surface area contributed by atoms with Crippen molar-refractivity contribution in [2.24, 2.45) is 5.10 Å². The molecule has 0 aliphatic rings. The summed E-state index contributed by atoms with van der Waals surface area (Å²) in [7, 11) is 1.48. The Labute approximate surface area is 156 Å². The average Bonchev–Trinajstić information content (AvgIpc) is 2.64. The van der Waals surface area contributed by atoms with E-state index in [2.05, 4.69) is 15.5 Å². The maximum Gasteiger partial charge on any atom is 0.273 e. The van der Waals surface area contributed by atoms with Crippen LogP contribution in [-0.4, -0.2) is 24.2 Å². The van der Waals surface area contributed by atoms with Crippen molar-refractivity contribution in [3.63, 3.8) is 0 Å². The Morgan fingerprint density at radius 3 is 2.73 bits per heavy atom. The van der Waals surface area contributed by atoms with Gasteiger partial charge in [-0.15, -0.1) is 0 Å². The van der Waals surface area contributed by atoms with Gasteiger partial charge in [0, 0.05) is 18.1 Å². The Balaban J connectivity index is 1.77. The second-order valence-electron chi connectivity index (χ2n) is 5.78. The van der Waals surface area contributed by atoms with Crippen LogP contribution in [0.1, 0.15) is 22.8 Å². The zero-order valence-corrected chi connectivity index (χ0v) is 15.2. The van der Waals surface area contributed by atoms with Crippen LogP contribution in [0.5, 0.6) is 0 Å². The van der Waals surface area contributed by atoms with E-state index < -0.39 is 6.10 Å². The molecule has 2 aromatic carbocycles. The lowest BCUT2D eigenvalue weighted by Crippen LogP contribution is -2.26. The first-order chi connectivity index (χ1) is 12.6.